The van der Waals surface area contributed by atoms with Crippen LogP contribution >= 0.6 is 11.6 Å². The third-order valence-corrected chi connectivity index (χ3v) is 5.68. The SMILES string of the molecule is CN(CC1CCNCC1)S(=O)(=O)c1ccc(F)c(Cl)c1. The molecule has 1 aliphatic heterocycles. The normalized spacial score (nSPS) is 17.6. The van der Waals surface area contributed by atoms with Gasteiger partial charge in [-0.25, -0.2) is 17.1 Å². The summed E-state index contributed by atoms with van der Waals surface area (Å²) in [6, 6.07) is 3.48. The van der Waals surface area contributed by atoms with Crippen LogP contribution in [-0.4, -0.2) is 39.4 Å². The third-order valence-electron chi connectivity index (χ3n) is 3.57. The van der Waals surface area contributed by atoms with E-state index in [-0.39, 0.29) is 9.92 Å². The molecule has 1 heterocycles. The van der Waals surface area contributed by atoms with Crippen LogP contribution in [0, 0.1) is 11.7 Å². The van der Waals surface area contributed by atoms with E-state index < -0.39 is 15.8 Å². The predicted molar refractivity (Wildman–Crippen MR) is 76.8 cm³/mol. The number of nitrogens with one attached hydrogen (secondary N) is 1. The second-order valence-corrected chi connectivity index (χ2v) is 7.51. The fourth-order valence-electron chi connectivity index (χ4n) is 2.34. The van der Waals surface area contributed by atoms with Gasteiger partial charge in [0.05, 0.1) is 9.92 Å². The van der Waals surface area contributed by atoms with E-state index in [0.29, 0.717) is 12.5 Å². The summed E-state index contributed by atoms with van der Waals surface area (Å²) >= 11 is 5.65. The molecule has 0 atom stereocenters. The molecule has 1 aliphatic rings. The molecule has 0 aromatic heterocycles. The monoisotopic (exact) mass is 320 g/mol. The number of sulfonamides is 1. The van der Waals surface area contributed by atoms with Crippen LogP contribution in [0.15, 0.2) is 23.1 Å². The Kier molecular flexibility index (Phi) is 5.01. The van der Waals surface area contributed by atoms with Crippen LogP contribution in [0.2, 0.25) is 5.02 Å². The Bertz CT molecular complexity index is 574. The van der Waals surface area contributed by atoms with Crippen LogP contribution in [0.1, 0.15) is 12.8 Å². The summed E-state index contributed by atoms with van der Waals surface area (Å²) in [7, 11) is -2.07. The van der Waals surface area contributed by atoms with E-state index in [0.717, 1.165) is 38.1 Å². The molecule has 1 N–H and O–H groups in total. The van der Waals surface area contributed by atoms with Crippen molar-refractivity contribution in [2.24, 2.45) is 5.92 Å². The van der Waals surface area contributed by atoms with Crippen LogP contribution in [0.3, 0.4) is 0 Å². The van der Waals surface area contributed by atoms with Crippen LogP contribution in [0.25, 0.3) is 0 Å². The van der Waals surface area contributed by atoms with Crippen LogP contribution in [0.5, 0.6) is 0 Å². The topological polar surface area (TPSA) is 49.4 Å². The van der Waals surface area contributed by atoms with Crippen LogP contribution < -0.4 is 5.32 Å². The summed E-state index contributed by atoms with van der Waals surface area (Å²) in [5.41, 5.74) is 0. The zero-order valence-electron chi connectivity index (χ0n) is 11.3. The molecule has 0 amide bonds. The molecule has 1 aromatic rings. The second kappa shape index (κ2) is 6.39. The van der Waals surface area contributed by atoms with Gasteiger partial charge in [0.15, 0.2) is 0 Å². The molecule has 0 saturated carbocycles. The van der Waals surface area contributed by atoms with Gasteiger partial charge in [-0.3, -0.25) is 0 Å². The average molecular weight is 321 g/mol. The fraction of sp³-hybridized carbons (Fsp3) is 0.538. The van der Waals surface area contributed by atoms with Gasteiger partial charge in [0.2, 0.25) is 10.0 Å². The largest absolute Gasteiger partial charge is 0.317 e. The lowest BCUT2D eigenvalue weighted by Crippen LogP contribution is -2.37. The van der Waals surface area contributed by atoms with E-state index in [4.69, 9.17) is 11.6 Å². The maximum absolute atomic E-state index is 13.1. The molecule has 2 rings (SSSR count). The Hall–Kier alpha value is -0.690. The summed E-state index contributed by atoms with van der Waals surface area (Å²) in [4.78, 5) is 0.0281. The van der Waals surface area contributed by atoms with Crippen molar-refractivity contribution >= 4 is 21.6 Å². The van der Waals surface area contributed by atoms with E-state index in [1.165, 1.54) is 10.4 Å². The number of benzene rings is 1. The lowest BCUT2D eigenvalue weighted by molar-refractivity contribution is 0.311. The molecule has 0 bridgehead atoms. The van der Waals surface area contributed by atoms with Crippen molar-refractivity contribution in [3.8, 4) is 0 Å². The molecule has 0 aliphatic carbocycles. The number of nitrogens with zero attached hydrogens (tertiary/aromatic N) is 1. The highest BCUT2D eigenvalue weighted by Crippen LogP contribution is 2.23. The van der Waals surface area contributed by atoms with Crippen molar-refractivity contribution in [3.05, 3.63) is 29.0 Å². The fourth-order valence-corrected chi connectivity index (χ4v) is 3.86. The molecule has 112 valence electrons. The molecule has 4 nitrogen and oxygen atoms in total. The van der Waals surface area contributed by atoms with Crippen molar-refractivity contribution in [3.63, 3.8) is 0 Å². The first-order valence-electron chi connectivity index (χ1n) is 6.53. The maximum atomic E-state index is 13.1. The first kappa shape index (κ1) is 15.7. The molecule has 1 aromatic carbocycles. The van der Waals surface area contributed by atoms with Gasteiger partial charge in [0.25, 0.3) is 0 Å². The highest BCUT2D eigenvalue weighted by Gasteiger charge is 2.25. The summed E-state index contributed by atoms with van der Waals surface area (Å²) in [5.74, 6) is -0.265. The van der Waals surface area contributed by atoms with Gasteiger partial charge < -0.3 is 5.32 Å². The zero-order chi connectivity index (χ0) is 14.8. The molecule has 1 saturated heterocycles. The maximum Gasteiger partial charge on any atom is 0.242 e. The highest BCUT2D eigenvalue weighted by molar-refractivity contribution is 7.89. The van der Waals surface area contributed by atoms with Crippen molar-refractivity contribution in [1.82, 2.24) is 9.62 Å². The smallest absolute Gasteiger partial charge is 0.242 e. The number of hydrogen-bond acceptors (Lipinski definition) is 3. The van der Waals surface area contributed by atoms with Gasteiger partial charge in [-0.15, -0.1) is 0 Å². The molecule has 20 heavy (non-hydrogen) atoms. The average Bonchev–Trinajstić information content (AvgIpc) is 2.42. The third kappa shape index (κ3) is 3.49. The zero-order valence-corrected chi connectivity index (χ0v) is 12.8. The van der Waals surface area contributed by atoms with Gasteiger partial charge >= 0.3 is 0 Å². The van der Waals surface area contributed by atoms with E-state index in [1.807, 2.05) is 0 Å². The lowest BCUT2D eigenvalue weighted by atomic mass is 9.98. The van der Waals surface area contributed by atoms with Crippen molar-refractivity contribution in [1.29, 1.82) is 0 Å². The van der Waals surface area contributed by atoms with E-state index in [9.17, 15) is 12.8 Å². The van der Waals surface area contributed by atoms with E-state index in [1.54, 1.807) is 7.05 Å². The molecular weight excluding hydrogens is 303 g/mol. The lowest BCUT2D eigenvalue weighted by Gasteiger charge is -2.27. The molecule has 0 radical (unpaired) electrons. The Morgan fingerprint density at radius 3 is 2.65 bits per heavy atom. The minimum atomic E-state index is -3.62. The van der Waals surface area contributed by atoms with Crippen LogP contribution in [0.4, 0.5) is 4.39 Å². The van der Waals surface area contributed by atoms with Gasteiger partial charge in [-0.2, -0.15) is 0 Å². The van der Waals surface area contributed by atoms with Crippen LogP contribution in [-0.2, 0) is 10.0 Å². The van der Waals surface area contributed by atoms with Crippen molar-refractivity contribution in [2.45, 2.75) is 17.7 Å². The first-order valence-corrected chi connectivity index (χ1v) is 8.35. The second-order valence-electron chi connectivity index (χ2n) is 5.05. The number of halogens is 2. The van der Waals surface area contributed by atoms with Crippen molar-refractivity contribution < 1.29 is 12.8 Å². The predicted octanol–water partition coefficient (Wildman–Crippen LogP) is 2.10. The Labute approximate surface area is 124 Å². The number of hydrogen-bond donors (Lipinski definition) is 1. The minimum absolute atomic E-state index is 0.0281. The summed E-state index contributed by atoms with van der Waals surface area (Å²) in [6.07, 6.45) is 1.92. The molecular formula is C13H18ClFN2O2S. The summed E-state index contributed by atoms with van der Waals surface area (Å²) in [6.45, 7) is 2.31. The van der Waals surface area contributed by atoms with Gasteiger partial charge in [0, 0.05) is 13.6 Å². The first-order chi connectivity index (χ1) is 9.41. The quantitative estimate of drug-likeness (QED) is 0.924. The Morgan fingerprint density at radius 2 is 2.05 bits per heavy atom. The Morgan fingerprint density at radius 1 is 1.40 bits per heavy atom. The molecule has 0 spiro atoms. The van der Waals surface area contributed by atoms with E-state index in [2.05, 4.69) is 5.32 Å². The molecule has 0 unspecified atom stereocenters. The molecule has 1 fully saturated rings. The minimum Gasteiger partial charge on any atom is -0.317 e. The summed E-state index contributed by atoms with van der Waals surface area (Å²) in [5, 5.41) is 3.07. The standard InChI is InChI=1S/C13H18ClFN2O2S/c1-17(9-10-4-6-16-7-5-10)20(18,19)11-2-3-13(15)12(14)8-11/h2-3,8,10,16H,4-7,9H2,1H3. The van der Waals surface area contributed by atoms with E-state index >= 15 is 0 Å². The number of piperidine rings is 1. The van der Waals surface area contributed by atoms with Gasteiger partial charge in [-0.05, 0) is 50.0 Å². The highest BCUT2D eigenvalue weighted by atomic mass is 35.5. The summed E-state index contributed by atoms with van der Waals surface area (Å²) < 4.78 is 39.2. The Balaban J connectivity index is 2.13. The molecule has 7 heteroatoms. The van der Waals surface area contributed by atoms with Crippen molar-refractivity contribution in [2.75, 3.05) is 26.7 Å². The van der Waals surface area contributed by atoms with Gasteiger partial charge in [-0.1, -0.05) is 11.6 Å². The number of rotatable bonds is 4. The van der Waals surface area contributed by atoms with Gasteiger partial charge in [0.1, 0.15) is 5.82 Å².